The van der Waals surface area contributed by atoms with Gasteiger partial charge in [-0.15, -0.1) is 0 Å². The van der Waals surface area contributed by atoms with Crippen molar-refractivity contribution >= 4 is 22.9 Å². The van der Waals surface area contributed by atoms with Gasteiger partial charge in [0, 0.05) is 0 Å². The van der Waals surface area contributed by atoms with Gasteiger partial charge in [0.2, 0.25) is 0 Å². The second-order valence-electron chi connectivity index (χ2n) is 2.97. The summed E-state index contributed by atoms with van der Waals surface area (Å²) in [5.74, 6) is 0. The quantitative estimate of drug-likeness (QED) is 0.676. The van der Waals surface area contributed by atoms with E-state index in [0.717, 1.165) is 0 Å². The summed E-state index contributed by atoms with van der Waals surface area (Å²) in [4.78, 5) is 0. The standard InChI is InChI=1S/C7H15O.Sn/c1-4-5-6-7(2,3)8;/h4-6H2,1-3H3;/q-1;+1. The van der Waals surface area contributed by atoms with E-state index in [2.05, 4.69) is 20.8 Å². The summed E-state index contributed by atoms with van der Waals surface area (Å²) in [6.07, 6.45) is 3.74. The van der Waals surface area contributed by atoms with Gasteiger partial charge in [-0.05, 0) is 0 Å². The molecule has 0 rings (SSSR count). The number of hydrogen-bond donors (Lipinski definition) is 0. The van der Waals surface area contributed by atoms with Crippen LogP contribution in [0.1, 0.15) is 40.0 Å². The monoisotopic (exact) mass is 235 g/mol. The van der Waals surface area contributed by atoms with E-state index < -0.39 is 0 Å². The normalized spacial score (nSPS) is 12.0. The van der Waals surface area contributed by atoms with Crippen LogP contribution in [0.4, 0.5) is 0 Å². The molecule has 0 heterocycles. The van der Waals surface area contributed by atoms with Crippen LogP contribution in [0.2, 0.25) is 0 Å². The molecule has 9 heavy (non-hydrogen) atoms. The van der Waals surface area contributed by atoms with E-state index in [0.29, 0.717) is 0 Å². The van der Waals surface area contributed by atoms with Gasteiger partial charge >= 0.3 is 71.6 Å². The third-order valence-corrected chi connectivity index (χ3v) is 2.99. The molecule has 0 aliphatic rings. The molecule has 0 bridgehead atoms. The Morgan fingerprint density at radius 1 is 1.44 bits per heavy atom. The topological polar surface area (TPSA) is 9.23 Å². The fourth-order valence-corrected chi connectivity index (χ4v) is 0.945. The van der Waals surface area contributed by atoms with Crippen LogP contribution in [0.3, 0.4) is 0 Å². The van der Waals surface area contributed by atoms with Gasteiger partial charge in [0.15, 0.2) is 0 Å². The van der Waals surface area contributed by atoms with E-state index in [1.54, 1.807) is 0 Å². The third kappa shape index (κ3) is 5.22. The molecule has 0 aromatic carbocycles. The molecule has 0 aliphatic carbocycles. The Bertz CT molecular complexity index is 71.3. The van der Waals surface area contributed by atoms with Crippen LogP contribution in [0, 0.1) is 0 Å². The van der Waals surface area contributed by atoms with Crippen molar-refractivity contribution < 1.29 is 3.07 Å². The fourth-order valence-electron chi connectivity index (χ4n) is 0.654. The molecular formula is C7H15OSn. The Morgan fingerprint density at radius 3 is 2.33 bits per heavy atom. The third-order valence-electron chi connectivity index (χ3n) is 1.41. The Morgan fingerprint density at radius 2 is 2.00 bits per heavy atom. The first-order chi connectivity index (χ1) is 4.12. The maximum absolute atomic E-state index is 5.33. The summed E-state index contributed by atoms with van der Waals surface area (Å²) in [6, 6.07) is 0. The van der Waals surface area contributed by atoms with Crippen LogP contribution < -0.4 is 0 Å². The zero-order chi connectivity index (χ0) is 7.33. The summed E-state index contributed by atoms with van der Waals surface area (Å²) in [5.41, 5.74) is 0.133. The predicted octanol–water partition coefficient (Wildman–Crippen LogP) is 2.06. The van der Waals surface area contributed by atoms with Crippen molar-refractivity contribution in [3.63, 3.8) is 0 Å². The minimum absolute atomic E-state index is 0.133. The molecule has 0 saturated heterocycles. The Hall–Kier alpha value is 0.759. The second-order valence-corrected chi connectivity index (χ2v) is 3.55. The first kappa shape index (κ1) is 9.76. The van der Waals surface area contributed by atoms with Gasteiger partial charge in [-0.1, -0.05) is 0 Å². The zero-order valence-corrected chi connectivity index (χ0v) is 9.38. The van der Waals surface area contributed by atoms with Gasteiger partial charge in [0.25, 0.3) is 0 Å². The average Bonchev–Trinajstić information content (AvgIpc) is 1.84. The van der Waals surface area contributed by atoms with Crippen molar-refractivity contribution in [3.05, 3.63) is 0 Å². The van der Waals surface area contributed by atoms with Crippen LogP contribution >= 0.6 is 0 Å². The first-order valence-electron chi connectivity index (χ1n) is 3.47. The molecule has 0 amide bonds. The molecule has 0 fully saturated rings. The number of rotatable bonds is 4. The zero-order valence-electron chi connectivity index (χ0n) is 6.53. The van der Waals surface area contributed by atoms with E-state index in [4.69, 9.17) is 3.07 Å². The summed E-state index contributed by atoms with van der Waals surface area (Å²) >= 11 is 1.18. The van der Waals surface area contributed by atoms with Crippen LogP contribution in [0.25, 0.3) is 0 Å². The predicted molar refractivity (Wildman–Crippen MR) is 40.4 cm³/mol. The van der Waals surface area contributed by atoms with Gasteiger partial charge in [-0.3, -0.25) is 0 Å². The van der Waals surface area contributed by atoms with Crippen molar-refractivity contribution in [1.82, 2.24) is 0 Å². The van der Waals surface area contributed by atoms with Crippen LogP contribution in [0.15, 0.2) is 0 Å². The molecule has 0 unspecified atom stereocenters. The van der Waals surface area contributed by atoms with E-state index in [1.807, 2.05) is 0 Å². The van der Waals surface area contributed by atoms with E-state index >= 15 is 0 Å². The molecule has 0 aliphatic heterocycles. The maximum atomic E-state index is 5.33. The first-order valence-corrected chi connectivity index (χ1v) is 4.63. The molecule has 3 radical (unpaired) electrons. The van der Waals surface area contributed by atoms with Gasteiger partial charge in [0.1, 0.15) is 0 Å². The summed E-state index contributed by atoms with van der Waals surface area (Å²) < 4.78 is 5.33. The number of unbranched alkanes of at least 4 members (excludes halogenated alkanes) is 1. The van der Waals surface area contributed by atoms with Crippen LogP contribution in [0.5, 0.6) is 0 Å². The van der Waals surface area contributed by atoms with E-state index in [-0.39, 0.29) is 5.60 Å². The molecule has 1 nitrogen and oxygen atoms in total. The van der Waals surface area contributed by atoms with Gasteiger partial charge in [-0.2, -0.15) is 0 Å². The van der Waals surface area contributed by atoms with Crippen molar-refractivity contribution in [2.45, 2.75) is 45.6 Å². The molecule has 0 saturated carbocycles. The minimum atomic E-state index is 0.133. The molecule has 0 aromatic rings. The second kappa shape index (κ2) is 4.56. The van der Waals surface area contributed by atoms with Gasteiger partial charge < -0.3 is 0 Å². The molecule has 0 atom stereocenters. The molecule has 0 aromatic heterocycles. The molecule has 53 valence electrons. The Labute approximate surface area is 71.8 Å². The van der Waals surface area contributed by atoms with Crippen molar-refractivity contribution in [2.75, 3.05) is 0 Å². The van der Waals surface area contributed by atoms with Crippen molar-refractivity contribution in [2.24, 2.45) is 0 Å². The van der Waals surface area contributed by atoms with Crippen molar-refractivity contribution in [1.29, 1.82) is 0 Å². The number of hydrogen-bond acceptors (Lipinski definition) is 1. The summed E-state index contributed by atoms with van der Waals surface area (Å²) in [5, 5.41) is 0. The fraction of sp³-hybridized carbons (Fsp3) is 1.00. The van der Waals surface area contributed by atoms with E-state index in [9.17, 15) is 0 Å². The average molecular weight is 234 g/mol. The van der Waals surface area contributed by atoms with E-state index in [1.165, 1.54) is 42.2 Å². The SMILES string of the molecule is CCCCC(C)(C)[O][Sn]. The molecule has 2 heteroatoms. The molecular weight excluding hydrogens is 219 g/mol. The van der Waals surface area contributed by atoms with Gasteiger partial charge in [0.05, 0.1) is 0 Å². The Kier molecular flexibility index (Phi) is 4.94. The molecule has 0 N–H and O–H groups in total. The molecule has 0 spiro atoms. The van der Waals surface area contributed by atoms with Crippen LogP contribution in [-0.4, -0.2) is 28.5 Å². The van der Waals surface area contributed by atoms with Crippen LogP contribution in [-0.2, 0) is 3.07 Å². The summed E-state index contributed by atoms with van der Waals surface area (Å²) in [6.45, 7) is 6.51. The van der Waals surface area contributed by atoms with Gasteiger partial charge in [-0.25, -0.2) is 0 Å². The van der Waals surface area contributed by atoms with Crippen molar-refractivity contribution in [3.8, 4) is 0 Å². The Balaban J connectivity index is 3.33. The summed E-state index contributed by atoms with van der Waals surface area (Å²) in [7, 11) is 0.